The summed E-state index contributed by atoms with van der Waals surface area (Å²) in [6.45, 7) is 0.420. The number of aromatic nitrogens is 4. The number of aliphatic imine (C=N–C) groups is 1. The highest BCUT2D eigenvalue weighted by Crippen LogP contribution is 2.36. The molecule has 160 valence electrons. The molecule has 0 radical (unpaired) electrons. The molecule has 0 fully saturated rings. The summed E-state index contributed by atoms with van der Waals surface area (Å²) >= 11 is 0. The third kappa shape index (κ3) is 3.94. The number of rotatable bonds is 6. The van der Waals surface area contributed by atoms with E-state index in [1.165, 1.54) is 12.1 Å². The van der Waals surface area contributed by atoms with Gasteiger partial charge in [0.25, 0.3) is 5.95 Å². The molecule has 5 rings (SSSR count). The van der Waals surface area contributed by atoms with E-state index in [-0.39, 0.29) is 11.9 Å². The van der Waals surface area contributed by atoms with Crippen molar-refractivity contribution in [2.24, 2.45) is 4.99 Å². The fourth-order valence-electron chi connectivity index (χ4n) is 3.73. The Morgan fingerprint density at radius 1 is 1.00 bits per heavy atom. The Labute approximate surface area is 184 Å². The molecule has 0 spiro atoms. The lowest BCUT2D eigenvalue weighted by molar-refractivity contribution is 0.283. The number of benzene rings is 3. The molecule has 0 amide bonds. The molecule has 2 heterocycles. The van der Waals surface area contributed by atoms with Crippen molar-refractivity contribution in [3.63, 3.8) is 0 Å². The van der Waals surface area contributed by atoms with Crippen molar-refractivity contribution in [1.29, 1.82) is 0 Å². The van der Waals surface area contributed by atoms with Gasteiger partial charge in [0.15, 0.2) is 11.5 Å². The highest BCUT2D eigenvalue weighted by atomic mass is 19.1. The number of methoxy groups -OCH3 is 1. The van der Waals surface area contributed by atoms with Gasteiger partial charge in [0, 0.05) is 6.42 Å². The molecule has 7 nitrogen and oxygen atoms in total. The SMILES string of the molecule is COc1ccc(C2CC(c3ccc(F)cc3)=Nc3nnnn32)cc1OCc1ccccc1. The van der Waals surface area contributed by atoms with Crippen LogP contribution in [0.15, 0.2) is 77.8 Å². The number of halogens is 1. The van der Waals surface area contributed by atoms with Crippen molar-refractivity contribution in [1.82, 2.24) is 20.2 Å². The third-order valence-electron chi connectivity index (χ3n) is 5.38. The van der Waals surface area contributed by atoms with Crippen molar-refractivity contribution in [2.75, 3.05) is 7.11 Å². The average Bonchev–Trinajstić information content (AvgIpc) is 3.32. The average molecular weight is 429 g/mol. The first-order valence-electron chi connectivity index (χ1n) is 10.2. The molecule has 0 saturated carbocycles. The van der Waals surface area contributed by atoms with Crippen molar-refractivity contribution in [2.45, 2.75) is 19.1 Å². The Kier molecular flexibility index (Phi) is 5.33. The highest BCUT2D eigenvalue weighted by molar-refractivity contribution is 6.02. The van der Waals surface area contributed by atoms with Gasteiger partial charge in [0.2, 0.25) is 0 Å². The third-order valence-corrected chi connectivity index (χ3v) is 5.38. The van der Waals surface area contributed by atoms with Crippen molar-refractivity contribution < 1.29 is 13.9 Å². The van der Waals surface area contributed by atoms with E-state index in [1.54, 1.807) is 23.9 Å². The second-order valence-corrected chi connectivity index (χ2v) is 7.39. The first-order chi connectivity index (χ1) is 15.7. The fraction of sp³-hybridized carbons (Fsp3) is 0.167. The fourth-order valence-corrected chi connectivity index (χ4v) is 3.73. The van der Waals surface area contributed by atoms with Crippen LogP contribution in [-0.4, -0.2) is 33.0 Å². The lowest BCUT2D eigenvalue weighted by Gasteiger charge is -2.24. The monoisotopic (exact) mass is 429 g/mol. The van der Waals surface area contributed by atoms with E-state index in [0.29, 0.717) is 30.5 Å². The zero-order chi connectivity index (χ0) is 21.9. The molecule has 0 aliphatic carbocycles. The minimum Gasteiger partial charge on any atom is -0.493 e. The maximum Gasteiger partial charge on any atom is 0.269 e. The second kappa shape index (κ2) is 8.58. The zero-order valence-corrected chi connectivity index (χ0v) is 17.4. The van der Waals surface area contributed by atoms with E-state index in [0.717, 1.165) is 22.4 Å². The quantitative estimate of drug-likeness (QED) is 0.451. The zero-order valence-electron chi connectivity index (χ0n) is 17.4. The molecule has 4 aromatic rings. The largest absolute Gasteiger partial charge is 0.493 e. The normalized spacial score (nSPS) is 15.1. The Balaban J connectivity index is 1.47. The maximum absolute atomic E-state index is 13.4. The van der Waals surface area contributed by atoms with Crippen LogP contribution in [0.1, 0.15) is 29.2 Å². The summed E-state index contributed by atoms with van der Waals surface area (Å²) in [4.78, 5) is 4.58. The summed E-state index contributed by atoms with van der Waals surface area (Å²) < 4.78 is 26.7. The molecule has 1 unspecified atom stereocenters. The number of fused-ring (bicyclic) bond motifs is 1. The van der Waals surface area contributed by atoms with Crippen LogP contribution in [0, 0.1) is 5.82 Å². The highest BCUT2D eigenvalue weighted by Gasteiger charge is 2.28. The Hall–Kier alpha value is -4.07. The predicted octanol–water partition coefficient (Wildman–Crippen LogP) is 4.51. The van der Waals surface area contributed by atoms with Gasteiger partial charge in [-0.25, -0.2) is 14.1 Å². The van der Waals surface area contributed by atoms with E-state index in [4.69, 9.17) is 9.47 Å². The summed E-state index contributed by atoms with van der Waals surface area (Å²) in [5.74, 6) is 1.39. The lowest BCUT2D eigenvalue weighted by Crippen LogP contribution is -2.21. The first-order valence-corrected chi connectivity index (χ1v) is 10.2. The predicted molar refractivity (Wildman–Crippen MR) is 117 cm³/mol. The van der Waals surface area contributed by atoms with Crippen LogP contribution in [0.5, 0.6) is 11.5 Å². The summed E-state index contributed by atoms with van der Waals surface area (Å²) in [6.07, 6.45) is 0.550. The van der Waals surface area contributed by atoms with E-state index in [2.05, 4.69) is 20.5 Å². The van der Waals surface area contributed by atoms with E-state index < -0.39 is 0 Å². The molecular weight excluding hydrogens is 409 g/mol. The number of hydrogen-bond acceptors (Lipinski definition) is 6. The topological polar surface area (TPSA) is 74.4 Å². The van der Waals surface area contributed by atoms with Gasteiger partial charge < -0.3 is 9.47 Å². The van der Waals surface area contributed by atoms with Gasteiger partial charge in [0.1, 0.15) is 12.4 Å². The van der Waals surface area contributed by atoms with Gasteiger partial charge in [-0.1, -0.05) is 53.6 Å². The van der Waals surface area contributed by atoms with Gasteiger partial charge in [-0.3, -0.25) is 0 Å². The smallest absolute Gasteiger partial charge is 0.269 e. The summed E-state index contributed by atoms with van der Waals surface area (Å²) in [5.41, 5.74) is 3.64. The molecule has 1 atom stereocenters. The minimum absolute atomic E-state index is 0.192. The number of nitrogens with zero attached hydrogens (tertiary/aromatic N) is 5. The lowest BCUT2D eigenvalue weighted by atomic mass is 9.96. The number of ether oxygens (including phenoxy) is 2. The minimum atomic E-state index is -0.290. The van der Waals surface area contributed by atoms with Crippen LogP contribution in [0.2, 0.25) is 0 Å². The molecule has 0 bridgehead atoms. The summed E-state index contributed by atoms with van der Waals surface area (Å²) in [5, 5.41) is 12.0. The Bertz CT molecular complexity index is 1260. The first kappa shape index (κ1) is 19.9. The molecule has 0 N–H and O–H groups in total. The van der Waals surface area contributed by atoms with Crippen molar-refractivity contribution in [3.05, 3.63) is 95.3 Å². The Morgan fingerprint density at radius 3 is 2.59 bits per heavy atom. The van der Waals surface area contributed by atoms with Gasteiger partial charge in [-0.15, -0.1) is 0 Å². The van der Waals surface area contributed by atoms with Crippen molar-refractivity contribution in [3.8, 4) is 11.5 Å². The van der Waals surface area contributed by atoms with Crippen molar-refractivity contribution >= 4 is 11.7 Å². The molecule has 32 heavy (non-hydrogen) atoms. The van der Waals surface area contributed by atoms with Gasteiger partial charge >= 0.3 is 0 Å². The maximum atomic E-state index is 13.4. The standard InChI is InChI=1S/C24H20FN5O2/c1-31-22-12-9-18(13-23(22)32-15-16-5-3-2-4-6-16)21-14-20(17-7-10-19(25)11-8-17)26-24-27-28-29-30(21)24/h2-13,21H,14-15H2,1H3. The molecular formula is C24H20FN5O2. The van der Waals surface area contributed by atoms with Gasteiger partial charge in [0.05, 0.1) is 18.9 Å². The van der Waals surface area contributed by atoms with Gasteiger partial charge in [-0.05, 0) is 51.4 Å². The summed E-state index contributed by atoms with van der Waals surface area (Å²) in [6, 6.07) is 21.8. The van der Waals surface area contributed by atoms with Crippen LogP contribution < -0.4 is 9.47 Å². The van der Waals surface area contributed by atoms with Crippen LogP contribution in [-0.2, 0) is 6.61 Å². The molecule has 1 aromatic heterocycles. The van der Waals surface area contributed by atoms with E-state index in [1.807, 2.05) is 48.5 Å². The van der Waals surface area contributed by atoms with Crippen LogP contribution in [0.4, 0.5) is 10.3 Å². The van der Waals surface area contributed by atoms with E-state index >= 15 is 0 Å². The van der Waals surface area contributed by atoms with Crippen LogP contribution in [0.3, 0.4) is 0 Å². The molecule has 3 aromatic carbocycles. The van der Waals surface area contributed by atoms with Crippen LogP contribution in [0.25, 0.3) is 0 Å². The van der Waals surface area contributed by atoms with Crippen LogP contribution >= 0.6 is 0 Å². The summed E-state index contributed by atoms with van der Waals surface area (Å²) in [7, 11) is 1.61. The molecule has 8 heteroatoms. The Morgan fingerprint density at radius 2 is 1.81 bits per heavy atom. The van der Waals surface area contributed by atoms with Gasteiger partial charge in [-0.2, -0.15) is 0 Å². The molecule has 1 aliphatic heterocycles. The number of hydrogen-bond donors (Lipinski definition) is 0. The van der Waals surface area contributed by atoms with E-state index in [9.17, 15) is 4.39 Å². The number of tetrazole rings is 1. The second-order valence-electron chi connectivity index (χ2n) is 7.39. The molecule has 0 saturated heterocycles. The molecule has 1 aliphatic rings.